The number of nitrogens with one attached hydrogen (secondary N) is 2. The molecule has 0 aromatic rings. The second-order valence-electron chi connectivity index (χ2n) is 3.68. The van der Waals surface area contributed by atoms with Gasteiger partial charge in [0.1, 0.15) is 0 Å². The molecule has 58 valence electrons. The highest BCUT2D eigenvalue weighted by atomic mass is 15.1. The lowest BCUT2D eigenvalue weighted by molar-refractivity contribution is 0.451. The normalized spacial score (nSPS) is 40.5. The maximum atomic E-state index is 3.64. The molecule has 2 N–H and O–H groups in total. The van der Waals surface area contributed by atoms with E-state index in [-0.39, 0.29) is 0 Å². The van der Waals surface area contributed by atoms with Crippen LogP contribution >= 0.6 is 0 Å². The van der Waals surface area contributed by atoms with E-state index in [4.69, 9.17) is 0 Å². The van der Waals surface area contributed by atoms with E-state index >= 15 is 0 Å². The van der Waals surface area contributed by atoms with Gasteiger partial charge in [-0.3, -0.25) is 0 Å². The van der Waals surface area contributed by atoms with Gasteiger partial charge in [0.05, 0.1) is 0 Å². The van der Waals surface area contributed by atoms with Crippen molar-refractivity contribution in [3.05, 3.63) is 0 Å². The molecule has 0 spiro atoms. The fourth-order valence-corrected chi connectivity index (χ4v) is 1.59. The molecule has 2 heteroatoms. The zero-order chi connectivity index (χ0) is 6.97. The summed E-state index contributed by atoms with van der Waals surface area (Å²) in [7, 11) is 0. The number of hydrogen-bond acceptors (Lipinski definition) is 2. The largest absolute Gasteiger partial charge is 0.315 e. The summed E-state index contributed by atoms with van der Waals surface area (Å²) in [5, 5.41) is 7.03. The van der Waals surface area contributed by atoms with E-state index < -0.39 is 0 Å². The molecular weight excluding hydrogens is 124 g/mol. The molecule has 0 bridgehead atoms. The Morgan fingerprint density at radius 2 is 2.10 bits per heavy atom. The first-order chi connectivity index (χ1) is 4.86. The third-order valence-corrected chi connectivity index (χ3v) is 2.54. The van der Waals surface area contributed by atoms with E-state index in [1.165, 1.54) is 25.9 Å². The fourth-order valence-electron chi connectivity index (χ4n) is 1.59. The monoisotopic (exact) mass is 140 g/mol. The van der Waals surface area contributed by atoms with E-state index in [9.17, 15) is 0 Å². The fraction of sp³-hybridized carbons (Fsp3) is 1.00. The van der Waals surface area contributed by atoms with Gasteiger partial charge < -0.3 is 10.6 Å². The van der Waals surface area contributed by atoms with Gasteiger partial charge in [-0.2, -0.15) is 0 Å². The third-order valence-electron chi connectivity index (χ3n) is 2.54. The van der Waals surface area contributed by atoms with Gasteiger partial charge >= 0.3 is 0 Å². The van der Waals surface area contributed by atoms with Crippen LogP contribution in [0.4, 0.5) is 0 Å². The summed E-state index contributed by atoms with van der Waals surface area (Å²) in [6.07, 6.45) is 2.81. The predicted octanol–water partition coefficient (Wildman–Crippen LogP) is 0.346. The van der Waals surface area contributed by atoms with Gasteiger partial charge in [0.2, 0.25) is 0 Å². The highest BCUT2D eigenvalue weighted by Crippen LogP contribution is 2.21. The second kappa shape index (κ2) is 2.51. The molecule has 1 aliphatic carbocycles. The second-order valence-corrected chi connectivity index (χ2v) is 3.68. The van der Waals surface area contributed by atoms with Gasteiger partial charge in [0, 0.05) is 18.6 Å². The topological polar surface area (TPSA) is 24.1 Å². The van der Waals surface area contributed by atoms with Crippen molar-refractivity contribution in [2.45, 2.75) is 31.8 Å². The zero-order valence-corrected chi connectivity index (χ0v) is 6.56. The first-order valence-corrected chi connectivity index (χ1v) is 4.33. The van der Waals surface area contributed by atoms with Crippen molar-refractivity contribution in [2.75, 3.05) is 13.1 Å². The highest BCUT2D eigenvalue weighted by Gasteiger charge is 2.29. The molecule has 2 aliphatic rings. The molecule has 1 saturated carbocycles. The summed E-state index contributed by atoms with van der Waals surface area (Å²) in [4.78, 5) is 0. The van der Waals surface area contributed by atoms with Gasteiger partial charge in [0.15, 0.2) is 0 Å². The Morgan fingerprint density at radius 1 is 1.30 bits per heavy atom. The molecule has 2 nitrogen and oxygen atoms in total. The predicted molar refractivity (Wildman–Crippen MR) is 42.0 cm³/mol. The van der Waals surface area contributed by atoms with E-state index in [1.54, 1.807) is 0 Å². The lowest BCUT2D eigenvalue weighted by Gasteiger charge is -2.14. The molecule has 2 rings (SSSR count). The smallest absolute Gasteiger partial charge is 0.0232 e. The summed E-state index contributed by atoms with van der Waals surface area (Å²) < 4.78 is 0. The van der Waals surface area contributed by atoms with E-state index in [1.807, 2.05) is 0 Å². The van der Waals surface area contributed by atoms with E-state index in [2.05, 4.69) is 17.6 Å². The summed E-state index contributed by atoms with van der Waals surface area (Å²) in [6, 6.07) is 1.62. The quantitative estimate of drug-likeness (QED) is 0.578. The number of rotatable bonds is 2. The highest BCUT2D eigenvalue weighted by molar-refractivity contribution is 4.91. The molecule has 1 aliphatic heterocycles. The van der Waals surface area contributed by atoms with Crippen molar-refractivity contribution < 1.29 is 0 Å². The standard InChI is InChI=1S/C8H16N2/c1-6-4-9-5-8(6)10-7-2-3-7/h6-10H,2-5H2,1H3/t6-,8+/m0/s1. The van der Waals surface area contributed by atoms with Crippen LogP contribution in [0.2, 0.25) is 0 Å². The SMILES string of the molecule is C[C@H]1CNC[C@H]1NC1CC1. The van der Waals surface area contributed by atoms with Crippen molar-refractivity contribution in [2.24, 2.45) is 5.92 Å². The molecule has 10 heavy (non-hydrogen) atoms. The van der Waals surface area contributed by atoms with Crippen LogP contribution < -0.4 is 10.6 Å². The average molecular weight is 140 g/mol. The van der Waals surface area contributed by atoms with Gasteiger partial charge in [-0.15, -0.1) is 0 Å². The molecule has 1 heterocycles. The van der Waals surface area contributed by atoms with Crippen molar-refractivity contribution in [1.29, 1.82) is 0 Å². The zero-order valence-electron chi connectivity index (χ0n) is 6.56. The molecule has 0 amide bonds. The van der Waals surface area contributed by atoms with Crippen molar-refractivity contribution >= 4 is 0 Å². The first kappa shape index (κ1) is 6.62. The Morgan fingerprint density at radius 3 is 2.60 bits per heavy atom. The minimum atomic E-state index is 0.757. The lowest BCUT2D eigenvalue weighted by atomic mass is 10.1. The van der Waals surface area contributed by atoms with Crippen LogP contribution in [0, 0.1) is 5.92 Å². The molecule has 1 saturated heterocycles. The molecule has 2 fully saturated rings. The minimum Gasteiger partial charge on any atom is -0.315 e. The van der Waals surface area contributed by atoms with Gasteiger partial charge in [-0.05, 0) is 25.3 Å². The maximum absolute atomic E-state index is 3.64. The van der Waals surface area contributed by atoms with Crippen molar-refractivity contribution in [1.82, 2.24) is 10.6 Å². The first-order valence-electron chi connectivity index (χ1n) is 4.33. The van der Waals surface area contributed by atoms with Crippen molar-refractivity contribution in [3.8, 4) is 0 Å². The molecule has 2 atom stereocenters. The lowest BCUT2D eigenvalue weighted by Crippen LogP contribution is -2.36. The molecule has 0 aromatic carbocycles. The van der Waals surface area contributed by atoms with Gasteiger partial charge in [0.25, 0.3) is 0 Å². The average Bonchev–Trinajstić information content (AvgIpc) is 2.62. The van der Waals surface area contributed by atoms with Crippen LogP contribution in [0.1, 0.15) is 19.8 Å². The van der Waals surface area contributed by atoms with E-state index in [0.29, 0.717) is 0 Å². The Hall–Kier alpha value is -0.0800. The van der Waals surface area contributed by atoms with E-state index in [0.717, 1.165) is 18.0 Å². The maximum Gasteiger partial charge on any atom is 0.0232 e. The van der Waals surface area contributed by atoms with Crippen molar-refractivity contribution in [3.63, 3.8) is 0 Å². The molecule has 0 unspecified atom stereocenters. The van der Waals surface area contributed by atoms with Crippen LogP contribution in [0.3, 0.4) is 0 Å². The van der Waals surface area contributed by atoms with Crippen LogP contribution in [0.15, 0.2) is 0 Å². The molecular formula is C8H16N2. The third kappa shape index (κ3) is 1.32. The Bertz CT molecular complexity index is 120. The summed E-state index contributed by atoms with van der Waals surface area (Å²) in [5.41, 5.74) is 0. The minimum absolute atomic E-state index is 0.757. The Balaban J connectivity index is 1.79. The van der Waals surface area contributed by atoms with Gasteiger partial charge in [-0.1, -0.05) is 6.92 Å². The van der Waals surface area contributed by atoms with Crippen LogP contribution in [-0.4, -0.2) is 25.2 Å². The molecule has 0 aromatic heterocycles. The molecule has 0 radical (unpaired) electrons. The van der Waals surface area contributed by atoms with Crippen LogP contribution in [-0.2, 0) is 0 Å². The van der Waals surface area contributed by atoms with Gasteiger partial charge in [-0.25, -0.2) is 0 Å². The Labute approximate surface area is 62.4 Å². The van der Waals surface area contributed by atoms with Crippen LogP contribution in [0.5, 0.6) is 0 Å². The summed E-state index contributed by atoms with van der Waals surface area (Å²) >= 11 is 0. The van der Waals surface area contributed by atoms with Crippen LogP contribution in [0.25, 0.3) is 0 Å². The summed E-state index contributed by atoms with van der Waals surface area (Å²) in [5.74, 6) is 0.834. The number of hydrogen-bond donors (Lipinski definition) is 2. The Kier molecular flexibility index (Phi) is 1.66. The summed E-state index contributed by atoms with van der Waals surface area (Å²) in [6.45, 7) is 4.70.